The zero-order valence-corrected chi connectivity index (χ0v) is 13.1. The lowest BCUT2D eigenvalue weighted by molar-refractivity contribution is -0.146. The van der Waals surface area contributed by atoms with E-state index < -0.39 is 17.8 Å². The molecule has 118 valence electrons. The van der Waals surface area contributed by atoms with E-state index in [1.165, 1.54) is 11.3 Å². The van der Waals surface area contributed by atoms with E-state index in [0.29, 0.717) is 18.0 Å². The van der Waals surface area contributed by atoms with Crippen LogP contribution in [0.1, 0.15) is 12.8 Å². The second-order valence-corrected chi connectivity index (χ2v) is 6.25. The lowest BCUT2D eigenvalue weighted by Gasteiger charge is -2.23. The van der Waals surface area contributed by atoms with Gasteiger partial charge in [-0.15, -0.1) is 11.3 Å². The van der Waals surface area contributed by atoms with Crippen LogP contribution in [0.5, 0.6) is 0 Å². The first kappa shape index (κ1) is 15.4. The highest BCUT2D eigenvalue weighted by atomic mass is 32.1. The van der Waals surface area contributed by atoms with E-state index in [2.05, 4.69) is 10.3 Å². The molecule has 1 heterocycles. The molecule has 0 saturated carbocycles. The van der Waals surface area contributed by atoms with Gasteiger partial charge in [0, 0.05) is 10.9 Å². The van der Waals surface area contributed by atoms with Gasteiger partial charge in [-0.3, -0.25) is 9.59 Å². The molecule has 0 radical (unpaired) electrons. The molecular weight excluding hydrogens is 312 g/mol. The van der Waals surface area contributed by atoms with Crippen LogP contribution in [-0.4, -0.2) is 22.0 Å². The molecular formula is C17H16N2O3S. The maximum atomic E-state index is 12.4. The highest BCUT2D eigenvalue weighted by molar-refractivity contribution is 7.14. The number of aliphatic carboxylic acids is 1. The molecule has 2 N–H and O–H groups in total. The van der Waals surface area contributed by atoms with E-state index in [0.717, 1.165) is 11.3 Å². The van der Waals surface area contributed by atoms with Crippen molar-refractivity contribution in [2.45, 2.75) is 12.8 Å². The van der Waals surface area contributed by atoms with Gasteiger partial charge in [0.05, 0.1) is 17.5 Å². The van der Waals surface area contributed by atoms with Gasteiger partial charge in [0.15, 0.2) is 5.13 Å². The van der Waals surface area contributed by atoms with Crippen LogP contribution < -0.4 is 5.32 Å². The largest absolute Gasteiger partial charge is 0.481 e. The number of nitrogens with one attached hydrogen (secondary N) is 1. The van der Waals surface area contributed by atoms with Crippen LogP contribution in [0, 0.1) is 11.8 Å². The minimum atomic E-state index is -0.932. The number of rotatable bonds is 4. The van der Waals surface area contributed by atoms with Crippen molar-refractivity contribution in [2.24, 2.45) is 11.8 Å². The molecule has 6 heteroatoms. The second kappa shape index (κ2) is 6.75. The van der Waals surface area contributed by atoms with Gasteiger partial charge in [-0.2, -0.15) is 0 Å². The van der Waals surface area contributed by atoms with Crippen LogP contribution in [0.3, 0.4) is 0 Å². The molecule has 0 unspecified atom stereocenters. The van der Waals surface area contributed by atoms with E-state index in [4.69, 9.17) is 0 Å². The van der Waals surface area contributed by atoms with Gasteiger partial charge in [0.25, 0.3) is 0 Å². The van der Waals surface area contributed by atoms with Crippen LogP contribution in [0.2, 0.25) is 0 Å². The first-order valence-electron chi connectivity index (χ1n) is 7.35. The van der Waals surface area contributed by atoms with Crippen molar-refractivity contribution in [3.05, 3.63) is 47.9 Å². The summed E-state index contributed by atoms with van der Waals surface area (Å²) in [6, 6.07) is 9.69. The molecule has 0 aliphatic heterocycles. The SMILES string of the molecule is O=C(O)[C@H]1CC=CC[C@@H]1C(=O)Nc1nc(-c2ccccc2)cs1. The fourth-order valence-corrected chi connectivity index (χ4v) is 3.37. The fraction of sp³-hybridized carbons (Fsp3) is 0.235. The number of hydrogen-bond donors (Lipinski definition) is 2. The number of aromatic nitrogens is 1. The molecule has 1 aromatic heterocycles. The predicted molar refractivity (Wildman–Crippen MR) is 89.2 cm³/mol. The lowest BCUT2D eigenvalue weighted by Crippen LogP contribution is -2.34. The van der Waals surface area contributed by atoms with Gasteiger partial charge >= 0.3 is 5.97 Å². The number of carboxylic acid groups (broad SMARTS) is 1. The Morgan fingerprint density at radius 1 is 1.13 bits per heavy atom. The van der Waals surface area contributed by atoms with Gasteiger partial charge in [0.1, 0.15) is 0 Å². The minimum absolute atomic E-state index is 0.282. The molecule has 2 aromatic rings. The summed E-state index contributed by atoms with van der Waals surface area (Å²) in [5.41, 5.74) is 1.78. The Morgan fingerprint density at radius 2 is 1.83 bits per heavy atom. The number of amides is 1. The predicted octanol–water partition coefficient (Wildman–Crippen LogP) is 3.42. The third kappa shape index (κ3) is 3.48. The lowest BCUT2D eigenvalue weighted by atomic mass is 9.82. The second-order valence-electron chi connectivity index (χ2n) is 5.39. The van der Waals surface area contributed by atoms with Gasteiger partial charge in [-0.05, 0) is 12.8 Å². The van der Waals surface area contributed by atoms with Crippen LogP contribution in [0.4, 0.5) is 5.13 Å². The Bertz CT molecular complexity index is 739. The van der Waals surface area contributed by atoms with Crippen molar-refractivity contribution in [3.63, 3.8) is 0 Å². The fourth-order valence-electron chi connectivity index (χ4n) is 2.65. The molecule has 1 aliphatic carbocycles. The summed E-state index contributed by atoms with van der Waals surface area (Å²) in [4.78, 5) is 28.1. The van der Waals surface area contributed by atoms with Crippen molar-refractivity contribution in [1.82, 2.24) is 4.98 Å². The number of hydrogen-bond acceptors (Lipinski definition) is 4. The van der Waals surface area contributed by atoms with Gasteiger partial charge < -0.3 is 10.4 Å². The number of carboxylic acids is 1. The molecule has 1 aromatic carbocycles. The average Bonchev–Trinajstić information content (AvgIpc) is 3.04. The van der Waals surface area contributed by atoms with Crippen molar-refractivity contribution in [1.29, 1.82) is 0 Å². The Hall–Kier alpha value is -2.47. The summed E-state index contributed by atoms with van der Waals surface area (Å²) in [6.45, 7) is 0. The van der Waals surface area contributed by atoms with E-state index in [-0.39, 0.29) is 5.91 Å². The van der Waals surface area contributed by atoms with E-state index >= 15 is 0 Å². The molecule has 5 nitrogen and oxygen atoms in total. The summed E-state index contributed by atoms with van der Waals surface area (Å²) in [5, 5.41) is 14.4. The van der Waals surface area contributed by atoms with Crippen LogP contribution in [0.15, 0.2) is 47.9 Å². The summed E-state index contributed by atoms with van der Waals surface area (Å²) in [5.74, 6) is -2.44. The molecule has 2 atom stereocenters. The molecule has 3 rings (SSSR count). The number of benzene rings is 1. The number of allylic oxidation sites excluding steroid dienone is 2. The number of carbonyl (C=O) groups is 2. The highest BCUT2D eigenvalue weighted by Gasteiger charge is 2.34. The van der Waals surface area contributed by atoms with E-state index in [1.54, 1.807) is 0 Å². The van der Waals surface area contributed by atoms with Crippen LogP contribution >= 0.6 is 11.3 Å². The van der Waals surface area contributed by atoms with Crippen molar-refractivity contribution in [2.75, 3.05) is 5.32 Å². The smallest absolute Gasteiger partial charge is 0.307 e. The summed E-state index contributed by atoms with van der Waals surface area (Å²) < 4.78 is 0. The van der Waals surface area contributed by atoms with Crippen molar-refractivity contribution in [3.8, 4) is 11.3 Å². The summed E-state index contributed by atoms with van der Waals surface area (Å²) in [7, 11) is 0. The zero-order chi connectivity index (χ0) is 16.2. The molecule has 23 heavy (non-hydrogen) atoms. The molecule has 0 fully saturated rings. The monoisotopic (exact) mass is 328 g/mol. The number of nitrogens with zero attached hydrogens (tertiary/aromatic N) is 1. The van der Waals surface area contributed by atoms with Crippen LogP contribution in [-0.2, 0) is 9.59 Å². The standard InChI is InChI=1S/C17H16N2O3S/c20-15(12-8-4-5-9-13(12)16(21)22)19-17-18-14(10-23-17)11-6-2-1-3-7-11/h1-7,10,12-13H,8-9H2,(H,21,22)(H,18,19,20)/t12-,13-/m0/s1. The minimum Gasteiger partial charge on any atom is -0.481 e. The molecule has 0 spiro atoms. The maximum Gasteiger partial charge on any atom is 0.307 e. The summed E-state index contributed by atoms with van der Waals surface area (Å²) >= 11 is 1.34. The Labute approximate surface area is 137 Å². The molecule has 1 amide bonds. The van der Waals surface area contributed by atoms with Crippen LogP contribution in [0.25, 0.3) is 11.3 Å². The number of thiazole rings is 1. The Morgan fingerprint density at radius 3 is 2.52 bits per heavy atom. The first-order chi connectivity index (χ1) is 11.1. The molecule has 0 saturated heterocycles. The third-order valence-electron chi connectivity index (χ3n) is 3.89. The first-order valence-corrected chi connectivity index (χ1v) is 8.22. The quantitative estimate of drug-likeness (QED) is 0.843. The van der Waals surface area contributed by atoms with E-state index in [1.807, 2.05) is 47.9 Å². The van der Waals surface area contributed by atoms with Gasteiger partial charge in [0.2, 0.25) is 5.91 Å². The highest BCUT2D eigenvalue weighted by Crippen LogP contribution is 2.29. The van der Waals surface area contributed by atoms with Crippen molar-refractivity contribution >= 4 is 28.3 Å². The number of anilines is 1. The Kier molecular flexibility index (Phi) is 4.52. The zero-order valence-electron chi connectivity index (χ0n) is 12.3. The maximum absolute atomic E-state index is 12.4. The average molecular weight is 328 g/mol. The topological polar surface area (TPSA) is 79.3 Å². The normalized spacial score (nSPS) is 20.2. The van der Waals surface area contributed by atoms with Gasteiger partial charge in [-0.1, -0.05) is 42.5 Å². The van der Waals surface area contributed by atoms with E-state index in [9.17, 15) is 14.7 Å². The Balaban J connectivity index is 1.72. The summed E-state index contributed by atoms with van der Waals surface area (Å²) in [6.07, 6.45) is 4.51. The van der Waals surface area contributed by atoms with Crippen molar-refractivity contribution < 1.29 is 14.7 Å². The molecule has 0 bridgehead atoms. The number of carbonyl (C=O) groups excluding carboxylic acids is 1. The van der Waals surface area contributed by atoms with Gasteiger partial charge in [-0.25, -0.2) is 4.98 Å². The molecule has 1 aliphatic rings. The third-order valence-corrected chi connectivity index (χ3v) is 4.65.